The van der Waals surface area contributed by atoms with Crippen LogP contribution < -0.4 is 0 Å². The Morgan fingerprint density at radius 1 is 1.25 bits per heavy atom. The molecule has 0 bridgehead atoms. The third kappa shape index (κ3) is 2.67. The highest BCUT2D eigenvalue weighted by Crippen LogP contribution is 2.47. The molecule has 4 rings (SSSR count). The normalized spacial score (nSPS) is 25.2. The van der Waals surface area contributed by atoms with Crippen molar-refractivity contribution in [2.75, 3.05) is 13.2 Å². The van der Waals surface area contributed by atoms with Crippen molar-refractivity contribution in [2.45, 2.75) is 25.8 Å². The van der Waals surface area contributed by atoms with E-state index in [4.69, 9.17) is 0 Å². The molecule has 3 atom stereocenters. The predicted molar refractivity (Wildman–Crippen MR) is 88.1 cm³/mol. The summed E-state index contributed by atoms with van der Waals surface area (Å²) in [6, 6.07) is 5.34. The van der Waals surface area contributed by atoms with Crippen molar-refractivity contribution >= 4 is 5.91 Å². The molecule has 2 aliphatic rings. The summed E-state index contributed by atoms with van der Waals surface area (Å²) in [6.45, 7) is 2.57. The van der Waals surface area contributed by atoms with E-state index in [2.05, 4.69) is 15.0 Å². The van der Waals surface area contributed by atoms with Gasteiger partial charge in [0, 0.05) is 24.6 Å². The van der Waals surface area contributed by atoms with E-state index < -0.39 is 0 Å². The third-order valence-electron chi connectivity index (χ3n) is 5.03. The van der Waals surface area contributed by atoms with Gasteiger partial charge in [-0.1, -0.05) is 0 Å². The summed E-state index contributed by atoms with van der Waals surface area (Å²) in [5.41, 5.74) is 1.79. The van der Waals surface area contributed by atoms with E-state index in [9.17, 15) is 9.90 Å². The highest BCUT2D eigenvalue weighted by molar-refractivity contribution is 5.98. The lowest BCUT2D eigenvalue weighted by Crippen LogP contribution is -2.47. The zero-order chi connectivity index (χ0) is 16.7. The van der Waals surface area contributed by atoms with Crippen LogP contribution in [0.5, 0.6) is 0 Å². The summed E-state index contributed by atoms with van der Waals surface area (Å²) in [5, 5.41) is 9.70. The van der Waals surface area contributed by atoms with Crippen LogP contribution in [-0.2, 0) is 0 Å². The molecule has 6 heteroatoms. The molecule has 1 aliphatic carbocycles. The fourth-order valence-electron chi connectivity index (χ4n) is 3.60. The van der Waals surface area contributed by atoms with Gasteiger partial charge in [0.05, 0.1) is 18.2 Å². The summed E-state index contributed by atoms with van der Waals surface area (Å²) in [6.07, 6.45) is 5.36. The van der Waals surface area contributed by atoms with Crippen molar-refractivity contribution in [2.24, 2.45) is 11.8 Å². The maximum atomic E-state index is 13.2. The number of amides is 1. The van der Waals surface area contributed by atoms with E-state index in [0.29, 0.717) is 35.5 Å². The van der Waals surface area contributed by atoms with Gasteiger partial charge < -0.3 is 10.0 Å². The Balaban J connectivity index is 1.72. The number of aliphatic hydroxyl groups excluding tert-OH is 1. The topological polar surface area (TPSA) is 79.2 Å². The van der Waals surface area contributed by atoms with Gasteiger partial charge in [0.25, 0.3) is 5.91 Å². The minimum atomic E-state index is -0.134. The average molecular weight is 324 g/mol. The summed E-state index contributed by atoms with van der Waals surface area (Å²) in [5.74, 6) is 1.62. The molecule has 2 aromatic heterocycles. The first-order valence-electron chi connectivity index (χ1n) is 8.34. The van der Waals surface area contributed by atoms with Gasteiger partial charge in [-0.2, -0.15) is 0 Å². The van der Waals surface area contributed by atoms with Gasteiger partial charge in [0.1, 0.15) is 5.69 Å². The lowest BCUT2D eigenvalue weighted by Gasteiger charge is -2.34. The van der Waals surface area contributed by atoms with Crippen LogP contribution >= 0.6 is 0 Å². The van der Waals surface area contributed by atoms with Crippen molar-refractivity contribution in [3.8, 4) is 11.4 Å². The van der Waals surface area contributed by atoms with Gasteiger partial charge in [-0.15, -0.1) is 0 Å². The first-order valence-corrected chi connectivity index (χ1v) is 8.34. The van der Waals surface area contributed by atoms with Gasteiger partial charge in [-0.3, -0.25) is 4.79 Å². The van der Waals surface area contributed by atoms with Crippen LogP contribution in [0.3, 0.4) is 0 Å². The molecule has 1 saturated carbocycles. The zero-order valence-electron chi connectivity index (χ0n) is 13.6. The second-order valence-corrected chi connectivity index (χ2v) is 6.71. The van der Waals surface area contributed by atoms with Crippen molar-refractivity contribution in [1.82, 2.24) is 19.9 Å². The Morgan fingerprint density at radius 3 is 2.79 bits per heavy atom. The van der Waals surface area contributed by atoms with Gasteiger partial charge in [-0.25, -0.2) is 15.0 Å². The molecule has 3 heterocycles. The molecule has 2 fully saturated rings. The van der Waals surface area contributed by atoms with Crippen molar-refractivity contribution < 1.29 is 9.90 Å². The molecule has 1 saturated heterocycles. The number of pyridine rings is 1. The molecule has 6 nitrogen and oxygen atoms in total. The summed E-state index contributed by atoms with van der Waals surface area (Å²) < 4.78 is 0. The lowest BCUT2D eigenvalue weighted by atomic mass is 10.0. The smallest absolute Gasteiger partial charge is 0.273 e. The van der Waals surface area contributed by atoms with Gasteiger partial charge >= 0.3 is 0 Å². The minimum absolute atomic E-state index is 0.00204. The van der Waals surface area contributed by atoms with E-state index in [0.717, 1.165) is 18.5 Å². The maximum absolute atomic E-state index is 13.2. The molecule has 0 spiro atoms. The molecule has 0 unspecified atom stereocenters. The number of hydrogen-bond acceptors (Lipinski definition) is 5. The minimum Gasteiger partial charge on any atom is -0.394 e. The number of hydrogen-bond donors (Lipinski definition) is 1. The molecule has 0 radical (unpaired) electrons. The monoisotopic (exact) mass is 324 g/mol. The zero-order valence-corrected chi connectivity index (χ0v) is 13.6. The van der Waals surface area contributed by atoms with Gasteiger partial charge in [0.2, 0.25) is 0 Å². The lowest BCUT2D eigenvalue weighted by molar-refractivity contribution is 0.0481. The Labute approximate surface area is 140 Å². The number of fused-ring (bicyclic) bond motifs is 1. The second-order valence-electron chi connectivity index (χ2n) is 6.71. The first kappa shape index (κ1) is 15.2. The Morgan fingerprint density at radius 2 is 2.04 bits per heavy atom. The van der Waals surface area contributed by atoms with E-state index in [1.54, 1.807) is 23.4 Å². The van der Waals surface area contributed by atoms with E-state index in [1.807, 2.05) is 19.1 Å². The number of carbonyl (C=O) groups is 1. The van der Waals surface area contributed by atoms with E-state index in [-0.39, 0.29) is 18.6 Å². The molecule has 1 aliphatic heterocycles. The van der Waals surface area contributed by atoms with Crippen molar-refractivity contribution in [3.05, 3.63) is 42.0 Å². The number of piperidine rings is 1. The van der Waals surface area contributed by atoms with Crippen molar-refractivity contribution in [1.29, 1.82) is 0 Å². The molecule has 1 N–H and O–H groups in total. The largest absolute Gasteiger partial charge is 0.394 e. The van der Waals surface area contributed by atoms with Crippen LogP contribution in [0.15, 0.2) is 30.6 Å². The molecule has 2 aromatic rings. The van der Waals surface area contributed by atoms with Crippen LogP contribution in [-0.4, -0.2) is 50.1 Å². The van der Waals surface area contributed by atoms with Crippen LogP contribution in [0.4, 0.5) is 0 Å². The molecular weight excluding hydrogens is 304 g/mol. The molecule has 1 amide bonds. The Bertz CT molecular complexity index is 765. The fraction of sp³-hybridized carbons (Fsp3) is 0.444. The van der Waals surface area contributed by atoms with Crippen LogP contribution in [0.2, 0.25) is 0 Å². The number of aromatic nitrogens is 3. The van der Waals surface area contributed by atoms with Crippen LogP contribution in [0.1, 0.15) is 29.0 Å². The highest BCUT2D eigenvalue weighted by atomic mass is 16.3. The molecule has 24 heavy (non-hydrogen) atoms. The molecular formula is C18H20N4O2. The molecule has 124 valence electrons. The third-order valence-corrected chi connectivity index (χ3v) is 5.03. The number of likely N-dealkylation sites (tertiary alicyclic amines) is 1. The highest BCUT2D eigenvalue weighted by Gasteiger charge is 2.47. The summed E-state index contributed by atoms with van der Waals surface area (Å²) >= 11 is 0. The first-order chi connectivity index (χ1) is 11.7. The number of aliphatic hydroxyl groups is 1. The number of aryl methyl sites for hydroxylation is 1. The van der Waals surface area contributed by atoms with Crippen molar-refractivity contribution in [3.63, 3.8) is 0 Å². The molecule has 0 aromatic carbocycles. The standard InChI is InChI=1S/C18H20N4O2/c1-11-3-4-15(17-19-5-2-6-20-17)16(21-11)18(24)22-9-13-7-12(13)8-14(22)10-23/h2-6,12-14,23H,7-10H2,1H3/t12-,13+,14-/m0/s1. The second kappa shape index (κ2) is 5.94. The van der Waals surface area contributed by atoms with Gasteiger partial charge in [-0.05, 0) is 49.8 Å². The van der Waals surface area contributed by atoms with E-state index >= 15 is 0 Å². The Hall–Kier alpha value is -2.34. The number of carbonyl (C=O) groups excluding carboxylic acids is 1. The quantitative estimate of drug-likeness (QED) is 0.929. The van der Waals surface area contributed by atoms with Crippen LogP contribution in [0, 0.1) is 18.8 Å². The number of nitrogens with zero attached hydrogens (tertiary/aromatic N) is 4. The van der Waals surface area contributed by atoms with E-state index in [1.165, 1.54) is 0 Å². The summed E-state index contributed by atoms with van der Waals surface area (Å²) in [7, 11) is 0. The predicted octanol–water partition coefficient (Wildman–Crippen LogP) is 1.69. The average Bonchev–Trinajstić information content (AvgIpc) is 3.39. The summed E-state index contributed by atoms with van der Waals surface area (Å²) in [4.78, 5) is 28.0. The Kier molecular flexibility index (Phi) is 3.76. The SMILES string of the molecule is Cc1ccc(-c2ncccn2)c(C(=O)N2C[C@H]3C[C@H]3C[C@H]2CO)n1. The fourth-order valence-corrected chi connectivity index (χ4v) is 3.60. The van der Waals surface area contributed by atoms with Gasteiger partial charge in [0.15, 0.2) is 5.82 Å². The van der Waals surface area contributed by atoms with Crippen LogP contribution in [0.25, 0.3) is 11.4 Å². The maximum Gasteiger partial charge on any atom is 0.273 e. The number of rotatable bonds is 3.